The number of anilines is 2. The van der Waals surface area contributed by atoms with Gasteiger partial charge in [-0.15, -0.1) is 0 Å². The summed E-state index contributed by atoms with van der Waals surface area (Å²) in [4.78, 5) is 86.7. The molecule has 39 heavy (non-hydrogen) atoms. The van der Waals surface area contributed by atoms with Gasteiger partial charge in [0.1, 0.15) is 5.92 Å². The number of amides is 4. The second kappa shape index (κ2) is 10.8. The summed E-state index contributed by atoms with van der Waals surface area (Å²) in [6, 6.07) is 12.3. The largest absolute Gasteiger partial charge is 0.342 e. The molecule has 4 amide bonds. The lowest BCUT2D eigenvalue weighted by Crippen LogP contribution is -2.59. The van der Waals surface area contributed by atoms with E-state index in [0.717, 1.165) is 9.80 Å². The summed E-state index contributed by atoms with van der Waals surface area (Å²) in [6.07, 6.45) is 4.33. The molecule has 192 valence electrons. The van der Waals surface area contributed by atoms with Crippen LogP contribution in [0.25, 0.3) is 0 Å². The van der Waals surface area contributed by atoms with E-state index in [-0.39, 0.29) is 34.0 Å². The minimum absolute atomic E-state index is 0.0589. The van der Waals surface area contributed by atoms with Crippen LogP contribution in [0.4, 0.5) is 33.2 Å². The van der Waals surface area contributed by atoms with Gasteiger partial charge < -0.3 is 0 Å². The number of imide groups is 2. The van der Waals surface area contributed by atoms with E-state index < -0.39 is 23.8 Å². The summed E-state index contributed by atoms with van der Waals surface area (Å²) in [7, 11) is 0. The Balaban J connectivity index is 1.96. The summed E-state index contributed by atoms with van der Waals surface area (Å²) in [5.41, 5.74) is 2.65. The average molecular weight is 521 g/mol. The van der Waals surface area contributed by atoms with Crippen LogP contribution in [0.15, 0.2) is 69.6 Å². The molecule has 0 spiro atoms. The van der Waals surface area contributed by atoms with Gasteiger partial charge in [-0.3, -0.25) is 9.59 Å². The van der Waals surface area contributed by atoms with Crippen LogP contribution in [0, 0.1) is 20.8 Å². The maximum absolute atomic E-state index is 13.8. The van der Waals surface area contributed by atoms with E-state index in [1.54, 1.807) is 39.0 Å². The van der Waals surface area contributed by atoms with E-state index in [4.69, 9.17) is 0 Å². The molecule has 1 aliphatic rings. The molecule has 1 saturated heterocycles. The Bertz CT molecular complexity index is 1480. The molecule has 3 aromatic rings. The molecule has 0 atom stereocenters. The van der Waals surface area contributed by atoms with E-state index in [9.17, 15) is 28.8 Å². The maximum atomic E-state index is 13.8. The summed E-state index contributed by atoms with van der Waals surface area (Å²) in [6.45, 7) is 5.05. The third kappa shape index (κ3) is 4.87. The highest BCUT2D eigenvalue weighted by Crippen LogP contribution is 2.38. The fourth-order valence-electron chi connectivity index (χ4n) is 4.20. The van der Waals surface area contributed by atoms with Crippen molar-refractivity contribution in [3.8, 4) is 0 Å². The molecule has 0 N–H and O–H groups in total. The first-order chi connectivity index (χ1) is 18.7. The molecular weight excluding hydrogens is 502 g/mol. The van der Waals surface area contributed by atoms with Crippen molar-refractivity contribution in [2.45, 2.75) is 26.7 Å². The van der Waals surface area contributed by atoms with Crippen LogP contribution in [0.5, 0.6) is 0 Å². The van der Waals surface area contributed by atoms with E-state index in [2.05, 4.69) is 15.0 Å². The standard InChI is InChI=1S/C28H19N5O6/c1-16-4-7-19(10-22(16)29-13-34)25-26(37)32(20-8-5-17(2)23(11-20)30-14-35)28(39)33(27(25)38)21-9-6-18(3)24(12-21)31-15-36/h4-12,25H,1-3H3. The molecule has 0 bridgehead atoms. The van der Waals surface area contributed by atoms with Crippen LogP contribution >= 0.6 is 0 Å². The second-order valence-electron chi connectivity index (χ2n) is 8.66. The number of aryl methyl sites for hydroxylation is 3. The summed E-state index contributed by atoms with van der Waals surface area (Å²) in [5.74, 6) is -3.24. The van der Waals surface area contributed by atoms with Crippen molar-refractivity contribution >= 4 is 64.5 Å². The zero-order valence-corrected chi connectivity index (χ0v) is 21.0. The Labute approximate surface area is 221 Å². The minimum atomic E-state index is -1.51. The Morgan fingerprint density at radius 1 is 0.590 bits per heavy atom. The first kappa shape index (κ1) is 26.5. The third-order valence-electron chi connectivity index (χ3n) is 6.28. The highest BCUT2D eigenvalue weighted by Gasteiger charge is 2.48. The SMILES string of the molecule is Cc1ccc(C2C(=O)N(c3ccc(C)c(N=C=O)c3)C(=O)N(c3ccc(C)c(N=C=O)c3)C2=O)cc1N=C=O. The van der Waals surface area contributed by atoms with Crippen LogP contribution in [0.3, 0.4) is 0 Å². The molecule has 1 heterocycles. The van der Waals surface area contributed by atoms with Crippen LogP contribution in [0.2, 0.25) is 0 Å². The molecule has 11 heteroatoms. The number of nitrogens with zero attached hydrogens (tertiary/aromatic N) is 5. The summed E-state index contributed by atoms with van der Waals surface area (Å²) < 4.78 is 0. The molecule has 11 nitrogen and oxygen atoms in total. The number of carbonyl (C=O) groups is 3. The van der Waals surface area contributed by atoms with E-state index in [1.807, 2.05) is 0 Å². The zero-order chi connectivity index (χ0) is 28.3. The first-order valence-corrected chi connectivity index (χ1v) is 11.5. The quantitative estimate of drug-likeness (QED) is 0.259. The second-order valence-corrected chi connectivity index (χ2v) is 8.66. The third-order valence-corrected chi connectivity index (χ3v) is 6.28. The highest BCUT2D eigenvalue weighted by molar-refractivity contribution is 6.38. The minimum Gasteiger partial charge on any atom is -0.273 e. The molecule has 0 unspecified atom stereocenters. The van der Waals surface area contributed by atoms with Gasteiger partial charge >= 0.3 is 6.03 Å². The topological polar surface area (TPSA) is 146 Å². The van der Waals surface area contributed by atoms with Crippen molar-refractivity contribution in [1.82, 2.24) is 0 Å². The number of isocyanates is 3. The number of aliphatic imine (C=N–C) groups is 3. The maximum Gasteiger partial charge on any atom is 0.342 e. The lowest BCUT2D eigenvalue weighted by Gasteiger charge is -2.37. The van der Waals surface area contributed by atoms with Crippen LogP contribution < -0.4 is 9.80 Å². The Morgan fingerprint density at radius 2 is 0.974 bits per heavy atom. The molecule has 0 saturated carbocycles. The van der Waals surface area contributed by atoms with Crippen molar-refractivity contribution in [3.05, 3.63) is 76.9 Å². The normalized spacial score (nSPS) is 14.8. The lowest BCUT2D eigenvalue weighted by molar-refractivity contribution is -0.129. The predicted octanol–water partition coefficient (Wildman–Crippen LogP) is 4.80. The Hall–Kier alpha value is -5.59. The molecular formula is C28H19N5O6. The van der Waals surface area contributed by atoms with Gasteiger partial charge in [-0.05, 0) is 73.4 Å². The molecule has 1 aliphatic heterocycles. The molecule has 0 aromatic heterocycles. The number of rotatable bonds is 6. The van der Waals surface area contributed by atoms with Gasteiger partial charge in [0.15, 0.2) is 0 Å². The van der Waals surface area contributed by atoms with Gasteiger partial charge in [0.2, 0.25) is 18.2 Å². The average Bonchev–Trinajstić information content (AvgIpc) is 2.90. The summed E-state index contributed by atoms with van der Waals surface area (Å²) >= 11 is 0. The van der Waals surface area contributed by atoms with Gasteiger partial charge in [-0.2, -0.15) is 15.0 Å². The lowest BCUT2D eigenvalue weighted by atomic mass is 9.92. The number of hydrogen-bond donors (Lipinski definition) is 0. The molecule has 0 radical (unpaired) electrons. The first-order valence-electron chi connectivity index (χ1n) is 11.5. The fourth-order valence-corrected chi connectivity index (χ4v) is 4.20. The number of urea groups is 1. The molecule has 0 aliphatic carbocycles. The van der Waals surface area contributed by atoms with Crippen molar-refractivity contribution in [3.63, 3.8) is 0 Å². The molecule has 3 aromatic carbocycles. The monoisotopic (exact) mass is 521 g/mol. The molecule has 4 rings (SSSR count). The smallest absolute Gasteiger partial charge is 0.273 e. The van der Waals surface area contributed by atoms with Crippen molar-refractivity contribution < 1.29 is 28.8 Å². The van der Waals surface area contributed by atoms with Gasteiger partial charge in [0, 0.05) is 0 Å². The van der Waals surface area contributed by atoms with Crippen LogP contribution in [-0.2, 0) is 24.0 Å². The number of hydrogen-bond acceptors (Lipinski definition) is 9. The van der Waals surface area contributed by atoms with Crippen molar-refractivity contribution in [1.29, 1.82) is 0 Å². The number of barbiturate groups is 1. The van der Waals surface area contributed by atoms with E-state index in [1.165, 1.54) is 54.6 Å². The Kier molecular flexibility index (Phi) is 7.33. The van der Waals surface area contributed by atoms with Crippen molar-refractivity contribution in [2.75, 3.05) is 9.80 Å². The van der Waals surface area contributed by atoms with Crippen LogP contribution in [-0.4, -0.2) is 36.1 Å². The fraction of sp³-hybridized carbons (Fsp3) is 0.143. The summed E-state index contributed by atoms with van der Waals surface area (Å²) in [5, 5.41) is 0. The highest BCUT2D eigenvalue weighted by atomic mass is 16.2. The van der Waals surface area contributed by atoms with Crippen LogP contribution in [0.1, 0.15) is 28.2 Å². The molecule has 1 fully saturated rings. The van der Waals surface area contributed by atoms with E-state index >= 15 is 0 Å². The number of benzene rings is 3. The van der Waals surface area contributed by atoms with E-state index in [0.29, 0.717) is 16.7 Å². The predicted molar refractivity (Wildman–Crippen MR) is 140 cm³/mol. The van der Waals surface area contributed by atoms with Gasteiger partial charge in [0.25, 0.3) is 11.8 Å². The van der Waals surface area contributed by atoms with Crippen molar-refractivity contribution in [2.24, 2.45) is 15.0 Å². The van der Waals surface area contributed by atoms with Gasteiger partial charge in [-0.1, -0.05) is 24.3 Å². The van der Waals surface area contributed by atoms with Gasteiger partial charge in [-0.25, -0.2) is 29.0 Å². The Morgan fingerprint density at radius 3 is 1.38 bits per heavy atom. The van der Waals surface area contributed by atoms with Gasteiger partial charge in [0.05, 0.1) is 28.4 Å². The number of carbonyl (C=O) groups excluding carboxylic acids is 6. The zero-order valence-electron chi connectivity index (χ0n) is 21.0.